The zero-order valence-electron chi connectivity index (χ0n) is 17.4. The summed E-state index contributed by atoms with van der Waals surface area (Å²) in [5, 5.41) is 2.89. The predicted molar refractivity (Wildman–Crippen MR) is 111 cm³/mol. The molecule has 29 heavy (non-hydrogen) atoms. The summed E-state index contributed by atoms with van der Waals surface area (Å²) in [4.78, 5) is 27.3. The Hall–Kier alpha value is -2.89. The normalized spacial score (nSPS) is 11.8. The molecule has 6 heteroatoms. The molecule has 0 saturated carbocycles. The summed E-state index contributed by atoms with van der Waals surface area (Å²) in [6, 6.07) is 12.7. The first-order valence-electron chi connectivity index (χ1n) is 9.84. The van der Waals surface area contributed by atoms with Crippen molar-refractivity contribution in [1.82, 2.24) is 10.2 Å². The molecule has 0 fully saturated rings. The number of carbonyl (C=O) groups is 2. The van der Waals surface area contributed by atoms with Crippen LogP contribution in [0.15, 0.2) is 48.5 Å². The van der Waals surface area contributed by atoms with Crippen molar-refractivity contribution < 1.29 is 18.7 Å². The van der Waals surface area contributed by atoms with E-state index in [1.807, 2.05) is 52.0 Å². The van der Waals surface area contributed by atoms with E-state index in [1.165, 1.54) is 24.3 Å². The second-order valence-corrected chi connectivity index (χ2v) is 7.34. The topological polar surface area (TPSA) is 58.6 Å². The van der Waals surface area contributed by atoms with E-state index in [1.54, 1.807) is 4.90 Å². The van der Waals surface area contributed by atoms with Gasteiger partial charge in [0.15, 0.2) is 6.61 Å². The molecule has 0 saturated heterocycles. The first-order chi connectivity index (χ1) is 13.8. The van der Waals surface area contributed by atoms with Crippen molar-refractivity contribution in [3.63, 3.8) is 0 Å². The van der Waals surface area contributed by atoms with Gasteiger partial charge in [0.1, 0.15) is 17.6 Å². The number of benzene rings is 2. The maximum Gasteiger partial charge on any atom is 0.261 e. The molecule has 2 aromatic rings. The molecule has 0 aliphatic carbocycles. The van der Waals surface area contributed by atoms with Crippen LogP contribution in [0.2, 0.25) is 0 Å². The lowest BCUT2D eigenvalue weighted by Crippen LogP contribution is -2.51. The molecule has 1 N–H and O–H groups in total. The van der Waals surface area contributed by atoms with Crippen molar-refractivity contribution in [2.24, 2.45) is 0 Å². The molecule has 0 radical (unpaired) electrons. The Balaban J connectivity index is 2.20. The first-order valence-corrected chi connectivity index (χ1v) is 9.84. The molecule has 2 rings (SSSR count). The van der Waals surface area contributed by atoms with E-state index in [4.69, 9.17) is 4.74 Å². The van der Waals surface area contributed by atoms with Gasteiger partial charge in [0.25, 0.3) is 5.91 Å². The summed E-state index contributed by atoms with van der Waals surface area (Å²) in [6.45, 7) is 7.70. The first kappa shape index (κ1) is 22.4. The predicted octanol–water partition coefficient (Wildman–Crippen LogP) is 3.84. The quantitative estimate of drug-likeness (QED) is 0.696. The molecule has 0 aliphatic heterocycles. The molecular formula is C23H29FN2O3. The molecule has 0 heterocycles. The fraction of sp³-hybridized carbons (Fsp3) is 0.391. The summed E-state index contributed by atoms with van der Waals surface area (Å²) in [5.41, 5.74) is 2.02. The Morgan fingerprint density at radius 2 is 1.83 bits per heavy atom. The van der Waals surface area contributed by atoms with Crippen LogP contribution in [0.3, 0.4) is 0 Å². The van der Waals surface area contributed by atoms with Crippen molar-refractivity contribution >= 4 is 11.8 Å². The Bertz CT molecular complexity index is 821. The summed E-state index contributed by atoms with van der Waals surface area (Å²) < 4.78 is 18.6. The Labute approximate surface area is 171 Å². The lowest BCUT2D eigenvalue weighted by atomic mass is 10.1. The number of amides is 2. The highest BCUT2D eigenvalue weighted by Crippen LogP contribution is 2.16. The molecule has 2 aromatic carbocycles. The van der Waals surface area contributed by atoms with Crippen LogP contribution < -0.4 is 10.1 Å². The monoisotopic (exact) mass is 400 g/mol. The standard InChI is InChI=1S/C23H29FN2O3/c1-5-21(23(28)25-16(2)3)26(14-18-8-6-7-17(4)13-18)22(27)15-29-20-11-9-19(24)10-12-20/h6-13,16,21H,5,14-15H2,1-4H3,(H,25,28)/t21-/m1/s1. The molecule has 0 aliphatic rings. The van der Waals surface area contributed by atoms with E-state index in [2.05, 4.69) is 5.32 Å². The van der Waals surface area contributed by atoms with Crippen molar-refractivity contribution in [3.05, 3.63) is 65.5 Å². The Morgan fingerprint density at radius 3 is 2.41 bits per heavy atom. The lowest BCUT2D eigenvalue weighted by Gasteiger charge is -2.31. The van der Waals surface area contributed by atoms with Crippen LogP contribution >= 0.6 is 0 Å². The van der Waals surface area contributed by atoms with Gasteiger partial charge in [-0.2, -0.15) is 0 Å². The van der Waals surface area contributed by atoms with Gasteiger partial charge in [-0.15, -0.1) is 0 Å². The average Bonchev–Trinajstić information content (AvgIpc) is 2.66. The smallest absolute Gasteiger partial charge is 0.261 e. The molecule has 0 aromatic heterocycles. The van der Waals surface area contributed by atoms with E-state index in [0.717, 1.165) is 11.1 Å². The number of nitrogens with one attached hydrogen (secondary N) is 1. The van der Waals surface area contributed by atoms with Crippen molar-refractivity contribution in [2.45, 2.75) is 52.7 Å². The van der Waals surface area contributed by atoms with Gasteiger partial charge in [0, 0.05) is 12.6 Å². The van der Waals surface area contributed by atoms with Crippen LogP contribution in [-0.2, 0) is 16.1 Å². The van der Waals surface area contributed by atoms with Gasteiger partial charge in [0.05, 0.1) is 0 Å². The maximum atomic E-state index is 13.1. The van der Waals surface area contributed by atoms with Gasteiger partial charge in [-0.3, -0.25) is 9.59 Å². The van der Waals surface area contributed by atoms with Gasteiger partial charge in [-0.1, -0.05) is 36.8 Å². The minimum absolute atomic E-state index is 0.0251. The summed E-state index contributed by atoms with van der Waals surface area (Å²) in [6.07, 6.45) is 0.479. The minimum Gasteiger partial charge on any atom is -0.484 e. The summed E-state index contributed by atoms with van der Waals surface area (Å²) >= 11 is 0. The van der Waals surface area contributed by atoms with Crippen LogP contribution in [0.1, 0.15) is 38.3 Å². The number of ether oxygens (including phenoxy) is 1. The highest BCUT2D eigenvalue weighted by atomic mass is 19.1. The molecule has 156 valence electrons. The molecule has 0 unspecified atom stereocenters. The van der Waals surface area contributed by atoms with Crippen LogP contribution in [0.4, 0.5) is 4.39 Å². The van der Waals surface area contributed by atoms with E-state index < -0.39 is 6.04 Å². The third-order valence-corrected chi connectivity index (χ3v) is 4.43. The zero-order valence-corrected chi connectivity index (χ0v) is 17.4. The second kappa shape index (κ2) is 10.6. The fourth-order valence-corrected chi connectivity index (χ4v) is 3.07. The summed E-state index contributed by atoms with van der Waals surface area (Å²) in [7, 11) is 0. The number of nitrogens with zero attached hydrogens (tertiary/aromatic N) is 1. The number of hydrogen-bond donors (Lipinski definition) is 1. The van der Waals surface area contributed by atoms with Gasteiger partial charge >= 0.3 is 0 Å². The number of carbonyl (C=O) groups excluding carboxylic acids is 2. The molecule has 5 nitrogen and oxygen atoms in total. The third-order valence-electron chi connectivity index (χ3n) is 4.43. The van der Waals surface area contributed by atoms with E-state index in [-0.39, 0.29) is 30.3 Å². The molecule has 0 spiro atoms. The fourth-order valence-electron chi connectivity index (χ4n) is 3.07. The lowest BCUT2D eigenvalue weighted by molar-refractivity contribution is -0.143. The SMILES string of the molecule is CC[C@H](C(=O)NC(C)C)N(Cc1cccc(C)c1)C(=O)COc1ccc(F)cc1. The van der Waals surface area contributed by atoms with Gasteiger partial charge < -0.3 is 15.0 Å². The Morgan fingerprint density at radius 1 is 1.14 bits per heavy atom. The largest absolute Gasteiger partial charge is 0.484 e. The van der Waals surface area contributed by atoms with E-state index in [9.17, 15) is 14.0 Å². The van der Waals surface area contributed by atoms with Crippen molar-refractivity contribution in [3.8, 4) is 5.75 Å². The van der Waals surface area contributed by atoms with Crippen molar-refractivity contribution in [1.29, 1.82) is 0 Å². The minimum atomic E-state index is -0.609. The van der Waals surface area contributed by atoms with Crippen LogP contribution in [0.5, 0.6) is 5.75 Å². The molecule has 1 atom stereocenters. The van der Waals surface area contributed by atoms with Gasteiger partial charge in [-0.05, 0) is 57.0 Å². The third kappa shape index (κ3) is 6.89. The van der Waals surface area contributed by atoms with E-state index in [0.29, 0.717) is 18.7 Å². The molecular weight excluding hydrogens is 371 g/mol. The number of aryl methyl sites for hydroxylation is 1. The maximum absolute atomic E-state index is 13.1. The number of halogens is 1. The van der Waals surface area contributed by atoms with Crippen molar-refractivity contribution in [2.75, 3.05) is 6.61 Å². The van der Waals surface area contributed by atoms with Gasteiger partial charge in [-0.25, -0.2) is 4.39 Å². The summed E-state index contributed by atoms with van der Waals surface area (Å²) in [5.74, 6) is -0.469. The zero-order chi connectivity index (χ0) is 21.4. The van der Waals surface area contributed by atoms with Gasteiger partial charge in [0.2, 0.25) is 5.91 Å². The number of hydrogen-bond acceptors (Lipinski definition) is 3. The second-order valence-electron chi connectivity index (χ2n) is 7.34. The highest BCUT2D eigenvalue weighted by Gasteiger charge is 2.29. The van der Waals surface area contributed by atoms with Crippen LogP contribution in [0.25, 0.3) is 0 Å². The van der Waals surface area contributed by atoms with Crippen LogP contribution in [-0.4, -0.2) is 35.4 Å². The number of rotatable bonds is 9. The van der Waals surface area contributed by atoms with E-state index >= 15 is 0 Å². The van der Waals surface area contributed by atoms with Crippen LogP contribution in [0, 0.1) is 12.7 Å². The average molecular weight is 400 g/mol. The molecule has 0 bridgehead atoms. The highest BCUT2D eigenvalue weighted by molar-refractivity contribution is 5.88. The molecule has 2 amide bonds. The Kier molecular flexibility index (Phi) is 8.19.